The number of sulfonamides is 1. The van der Waals surface area contributed by atoms with Crippen molar-refractivity contribution in [3.05, 3.63) is 0 Å². The van der Waals surface area contributed by atoms with Crippen molar-refractivity contribution in [1.82, 2.24) is 9.62 Å². The summed E-state index contributed by atoms with van der Waals surface area (Å²) in [5.74, 6) is 0.480. The highest BCUT2D eigenvalue weighted by Crippen LogP contribution is 2.32. The Morgan fingerprint density at radius 1 is 1.47 bits per heavy atom. The van der Waals surface area contributed by atoms with Crippen LogP contribution in [0.3, 0.4) is 0 Å². The van der Waals surface area contributed by atoms with Crippen LogP contribution in [0, 0.1) is 5.92 Å². The molecule has 0 spiro atoms. The molecule has 1 aliphatic rings. The van der Waals surface area contributed by atoms with Crippen molar-refractivity contribution in [2.45, 2.75) is 38.6 Å². The number of hydrogen-bond donors (Lipinski definition) is 2. The van der Waals surface area contributed by atoms with Crippen LogP contribution in [0.2, 0.25) is 0 Å². The Labute approximate surface area is 115 Å². The molecular formula is C12H25N3O3S. The highest BCUT2D eigenvalue weighted by molar-refractivity contribution is 7.88. The molecule has 112 valence electrons. The van der Waals surface area contributed by atoms with E-state index >= 15 is 0 Å². The van der Waals surface area contributed by atoms with Crippen LogP contribution in [0.5, 0.6) is 0 Å². The molecule has 1 saturated carbocycles. The summed E-state index contributed by atoms with van der Waals surface area (Å²) in [4.78, 5) is 11.6. The van der Waals surface area contributed by atoms with Gasteiger partial charge in [0.15, 0.2) is 0 Å². The number of nitrogens with zero attached hydrogens (tertiary/aromatic N) is 1. The average molecular weight is 291 g/mol. The van der Waals surface area contributed by atoms with Gasteiger partial charge in [0, 0.05) is 32.1 Å². The maximum Gasteiger partial charge on any atom is 0.221 e. The first-order valence-electron chi connectivity index (χ1n) is 6.82. The SMILES string of the molecule is CCN(CCCNC(=O)CC(N)C1CC1)S(C)(=O)=O. The third-order valence-corrected chi connectivity index (χ3v) is 4.76. The van der Waals surface area contributed by atoms with Gasteiger partial charge in [-0.15, -0.1) is 0 Å². The van der Waals surface area contributed by atoms with Gasteiger partial charge in [0.2, 0.25) is 15.9 Å². The molecule has 0 aromatic carbocycles. The van der Waals surface area contributed by atoms with E-state index < -0.39 is 10.0 Å². The number of amides is 1. The second-order valence-electron chi connectivity index (χ2n) is 5.16. The standard InChI is InChI=1S/C12H25N3O3S/c1-3-15(19(2,17)18)8-4-7-14-12(16)9-11(13)10-5-6-10/h10-11H,3-9,13H2,1-2H3,(H,14,16). The topological polar surface area (TPSA) is 92.5 Å². The molecule has 1 aliphatic carbocycles. The highest BCUT2D eigenvalue weighted by Gasteiger charge is 2.29. The van der Waals surface area contributed by atoms with Gasteiger partial charge in [-0.25, -0.2) is 12.7 Å². The summed E-state index contributed by atoms with van der Waals surface area (Å²) in [5.41, 5.74) is 5.86. The lowest BCUT2D eigenvalue weighted by molar-refractivity contribution is -0.121. The normalized spacial score (nSPS) is 17.5. The molecule has 0 saturated heterocycles. The van der Waals surface area contributed by atoms with Crippen molar-refractivity contribution in [3.63, 3.8) is 0 Å². The molecule has 0 aromatic rings. The Morgan fingerprint density at radius 2 is 2.11 bits per heavy atom. The summed E-state index contributed by atoms with van der Waals surface area (Å²) in [7, 11) is -3.14. The molecule has 0 aromatic heterocycles. The van der Waals surface area contributed by atoms with Gasteiger partial charge >= 0.3 is 0 Å². The fourth-order valence-electron chi connectivity index (χ4n) is 2.02. The molecule has 0 radical (unpaired) electrons. The number of nitrogens with one attached hydrogen (secondary N) is 1. The molecule has 1 unspecified atom stereocenters. The number of carbonyl (C=O) groups excluding carboxylic acids is 1. The van der Waals surface area contributed by atoms with Gasteiger partial charge in [-0.3, -0.25) is 4.79 Å². The molecule has 19 heavy (non-hydrogen) atoms. The van der Waals surface area contributed by atoms with Gasteiger partial charge in [-0.2, -0.15) is 0 Å². The molecule has 6 nitrogen and oxygen atoms in total. The Hall–Kier alpha value is -0.660. The number of hydrogen-bond acceptors (Lipinski definition) is 4. The van der Waals surface area contributed by atoms with E-state index in [2.05, 4.69) is 5.32 Å². The summed E-state index contributed by atoms with van der Waals surface area (Å²) < 4.78 is 24.1. The van der Waals surface area contributed by atoms with Crippen LogP contribution >= 0.6 is 0 Å². The minimum atomic E-state index is -3.14. The van der Waals surface area contributed by atoms with Gasteiger partial charge in [-0.05, 0) is 25.2 Å². The van der Waals surface area contributed by atoms with Gasteiger partial charge in [0.1, 0.15) is 0 Å². The Morgan fingerprint density at radius 3 is 2.58 bits per heavy atom. The van der Waals surface area contributed by atoms with E-state index in [0.29, 0.717) is 38.4 Å². The number of nitrogens with two attached hydrogens (primary N) is 1. The van der Waals surface area contributed by atoms with E-state index in [0.717, 1.165) is 12.8 Å². The highest BCUT2D eigenvalue weighted by atomic mass is 32.2. The third-order valence-electron chi connectivity index (χ3n) is 3.38. The lowest BCUT2D eigenvalue weighted by Gasteiger charge is -2.17. The summed E-state index contributed by atoms with van der Waals surface area (Å²) in [6.07, 6.45) is 4.45. The lowest BCUT2D eigenvalue weighted by Crippen LogP contribution is -2.35. The summed E-state index contributed by atoms with van der Waals surface area (Å²) in [6, 6.07) is -0.0249. The van der Waals surface area contributed by atoms with E-state index in [4.69, 9.17) is 5.73 Å². The molecule has 1 rings (SSSR count). The second kappa shape index (κ2) is 7.21. The van der Waals surface area contributed by atoms with Crippen molar-refractivity contribution < 1.29 is 13.2 Å². The minimum absolute atomic E-state index is 0.0249. The molecule has 0 heterocycles. The smallest absolute Gasteiger partial charge is 0.221 e. The monoisotopic (exact) mass is 291 g/mol. The summed E-state index contributed by atoms with van der Waals surface area (Å²) in [5, 5.41) is 2.79. The predicted molar refractivity (Wildman–Crippen MR) is 75.0 cm³/mol. The van der Waals surface area contributed by atoms with E-state index in [9.17, 15) is 13.2 Å². The average Bonchev–Trinajstić information content (AvgIpc) is 3.10. The van der Waals surface area contributed by atoms with Crippen LogP contribution in [-0.4, -0.2) is 50.6 Å². The number of carbonyl (C=O) groups is 1. The first kappa shape index (κ1) is 16.4. The first-order valence-corrected chi connectivity index (χ1v) is 8.66. The largest absolute Gasteiger partial charge is 0.356 e. The zero-order chi connectivity index (χ0) is 14.5. The fourth-order valence-corrected chi connectivity index (χ4v) is 2.95. The number of rotatable bonds is 9. The molecule has 1 atom stereocenters. The Kier molecular flexibility index (Phi) is 6.22. The zero-order valence-electron chi connectivity index (χ0n) is 11.8. The molecule has 7 heteroatoms. The summed E-state index contributed by atoms with van der Waals surface area (Å²) in [6.45, 7) is 3.18. The first-order chi connectivity index (χ1) is 8.84. The van der Waals surface area contributed by atoms with Crippen LogP contribution in [0.25, 0.3) is 0 Å². The van der Waals surface area contributed by atoms with E-state index in [1.54, 1.807) is 6.92 Å². The molecule has 1 amide bonds. The van der Waals surface area contributed by atoms with Crippen molar-refractivity contribution in [2.75, 3.05) is 25.9 Å². The van der Waals surface area contributed by atoms with Crippen molar-refractivity contribution >= 4 is 15.9 Å². The molecule has 1 fully saturated rings. The Bertz CT molecular complexity index is 393. The van der Waals surface area contributed by atoms with Crippen molar-refractivity contribution in [2.24, 2.45) is 11.7 Å². The van der Waals surface area contributed by atoms with Gasteiger partial charge in [0.05, 0.1) is 6.26 Å². The predicted octanol–water partition coefficient (Wildman–Crippen LogP) is -0.0984. The van der Waals surface area contributed by atoms with E-state index in [1.807, 2.05) is 0 Å². The van der Waals surface area contributed by atoms with Gasteiger partial charge in [0.25, 0.3) is 0 Å². The zero-order valence-corrected chi connectivity index (χ0v) is 12.6. The molecule has 3 N–H and O–H groups in total. The van der Waals surface area contributed by atoms with Crippen LogP contribution in [0.15, 0.2) is 0 Å². The fraction of sp³-hybridized carbons (Fsp3) is 0.917. The van der Waals surface area contributed by atoms with Gasteiger partial charge < -0.3 is 11.1 Å². The van der Waals surface area contributed by atoms with E-state index in [1.165, 1.54) is 10.6 Å². The van der Waals surface area contributed by atoms with Crippen LogP contribution < -0.4 is 11.1 Å². The third kappa shape index (κ3) is 6.35. The van der Waals surface area contributed by atoms with Gasteiger partial charge in [-0.1, -0.05) is 6.92 Å². The van der Waals surface area contributed by atoms with Crippen molar-refractivity contribution in [3.8, 4) is 0 Å². The van der Waals surface area contributed by atoms with Crippen LogP contribution in [-0.2, 0) is 14.8 Å². The summed E-state index contributed by atoms with van der Waals surface area (Å²) >= 11 is 0. The van der Waals surface area contributed by atoms with Crippen LogP contribution in [0.1, 0.15) is 32.6 Å². The van der Waals surface area contributed by atoms with Crippen LogP contribution in [0.4, 0.5) is 0 Å². The Balaban J connectivity index is 2.14. The lowest BCUT2D eigenvalue weighted by atomic mass is 10.1. The second-order valence-corrected chi connectivity index (χ2v) is 7.15. The van der Waals surface area contributed by atoms with Crippen molar-refractivity contribution in [1.29, 1.82) is 0 Å². The minimum Gasteiger partial charge on any atom is -0.356 e. The molecular weight excluding hydrogens is 266 g/mol. The quantitative estimate of drug-likeness (QED) is 0.580. The molecule has 0 aliphatic heterocycles. The maximum atomic E-state index is 11.6. The molecule has 0 bridgehead atoms. The van der Waals surface area contributed by atoms with E-state index in [-0.39, 0.29) is 11.9 Å². The maximum absolute atomic E-state index is 11.6.